The molecule has 1 fully saturated rings. The van der Waals surface area contributed by atoms with E-state index in [1.165, 1.54) is 12.1 Å². The summed E-state index contributed by atoms with van der Waals surface area (Å²) in [5.74, 6) is 1.89. The van der Waals surface area contributed by atoms with Gasteiger partial charge in [-0.3, -0.25) is 4.99 Å². The molecule has 0 radical (unpaired) electrons. The SMILES string of the molecule is CC(C)CCNC(N)=NCC1CCN(c2ccccc2)C1. The first-order chi connectivity index (χ1) is 10.1. The number of guanidine groups is 1. The van der Waals surface area contributed by atoms with E-state index in [1.807, 2.05) is 0 Å². The Morgan fingerprint density at radius 3 is 2.86 bits per heavy atom. The number of anilines is 1. The average Bonchev–Trinajstić information content (AvgIpc) is 2.94. The summed E-state index contributed by atoms with van der Waals surface area (Å²) >= 11 is 0. The monoisotopic (exact) mass is 288 g/mol. The summed E-state index contributed by atoms with van der Waals surface area (Å²) in [6.45, 7) is 8.35. The molecule has 1 aromatic carbocycles. The molecule has 1 aliphatic heterocycles. The highest BCUT2D eigenvalue weighted by Crippen LogP contribution is 2.23. The molecule has 0 aliphatic carbocycles. The van der Waals surface area contributed by atoms with E-state index in [-0.39, 0.29) is 0 Å². The van der Waals surface area contributed by atoms with E-state index >= 15 is 0 Å². The maximum atomic E-state index is 5.91. The van der Waals surface area contributed by atoms with E-state index in [4.69, 9.17) is 5.73 Å². The minimum atomic E-state index is 0.591. The Balaban J connectivity index is 1.72. The summed E-state index contributed by atoms with van der Waals surface area (Å²) in [5.41, 5.74) is 7.22. The number of nitrogens with two attached hydrogens (primary N) is 1. The van der Waals surface area contributed by atoms with Gasteiger partial charge in [-0.2, -0.15) is 0 Å². The van der Waals surface area contributed by atoms with E-state index in [2.05, 4.69) is 59.4 Å². The summed E-state index contributed by atoms with van der Waals surface area (Å²) in [7, 11) is 0. The molecule has 1 heterocycles. The molecule has 4 nitrogen and oxygen atoms in total. The lowest BCUT2D eigenvalue weighted by Gasteiger charge is -2.18. The lowest BCUT2D eigenvalue weighted by Crippen LogP contribution is -2.33. The molecule has 2 rings (SSSR count). The molecule has 116 valence electrons. The second-order valence-electron chi connectivity index (χ2n) is 6.27. The van der Waals surface area contributed by atoms with Crippen molar-refractivity contribution in [2.24, 2.45) is 22.6 Å². The quantitative estimate of drug-likeness (QED) is 0.624. The summed E-state index contributed by atoms with van der Waals surface area (Å²) in [5, 5.41) is 3.19. The lowest BCUT2D eigenvalue weighted by molar-refractivity contribution is 0.572. The van der Waals surface area contributed by atoms with E-state index in [9.17, 15) is 0 Å². The molecule has 0 spiro atoms. The van der Waals surface area contributed by atoms with Crippen molar-refractivity contribution in [1.82, 2.24) is 5.32 Å². The molecule has 1 atom stereocenters. The van der Waals surface area contributed by atoms with Crippen molar-refractivity contribution < 1.29 is 0 Å². The lowest BCUT2D eigenvalue weighted by atomic mass is 10.1. The molecule has 1 unspecified atom stereocenters. The van der Waals surface area contributed by atoms with Crippen molar-refractivity contribution >= 4 is 11.6 Å². The summed E-state index contributed by atoms with van der Waals surface area (Å²) < 4.78 is 0. The Morgan fingerprint density at radius 1 is 1.38 bits per heavy atom. The summed E-state index contributed by atoms with van der Waals surface area (Å²) in [6, 6.07) is 10.6. The number of nitrogens with one attached hydrogen (secondary N) is 1. The van der Waals surface area contributed by atoms with Gasteiger partial charge in [0.1, 0.15) is 0 Å². The number of aliphatic imine (C=N–C) groups is 1. The van der Waals surface area contributed by atoms with Crippen molar-refractivity contribution in [3.05, 3.63) is 30.3 Å². The van der Waals surface area contributed by atoms with Crippen LogP contribution in [0, 0.1) is 11.8 Å². The van der Waals surface area contributed by atoms with Gasteiger partial charge in [0.2, 0.25) is 0 Å². The van der Waals surface area contributed by atoms with Crippen LogP contribution in [0.1, 0.15) is 26.7 Å². The molecular weight excluding hydrogens is 260 g/mol. The zero-order valence-electron chi connectivity index (χ0n) is 13.3. The average molecular weight is 288 g/mol. The van der Waals surface area contributed by atoms with Gasteiger partial charge in [0.25, 0.3) is 0 Å². The molecular formula is C17H28N4. The van der Waals surface area contributed by atoms with Crippen molar-refractivity contribution in [3.63, 3.8) is 0 Å². The van der Waals surface area contributed by atoms with Crippen molar-refractivity contribution in [1.29, 1.82) is 0 Å². The third-order valence-corrected chi connectivity index (χ3v) is 3.95. The van der Waals surface area contributed by atoms with Gasteiger partial charge in [0.05, 0.1) is 0 Å². The van der Waals surface area contributed by atoms with Gasteiger partial charge < -0.3 is 16.0 Å². The van der Waals surface area contributed by atoms with Gasteiger partial charge >= 0.3 is 0 Å². The topological polar surface area (TPSA) is 53.6 Å². The molecule has 0 saturated carbocycles. The zero-order chi connectivity index (χ0) is 15.1. The van der Waals surface area contributed by atoms with Gasteiger partial charge in [0.15, 0.2) is 5.96 Å². The second kappa shape index (κ2) is 7.91. The molecule has 1 aliphatic rings. The first-order valence-electron chi connectivity index (χ1n) is 7.99. The number of nitrogens with zero attached hydrogens (tertiary/aromatic N) is 2. The standard InChI is InChI=1S/C17H28N4/c1-14(2)8-10-19-17(18)20-12-15-9-11-21(13-15)16-6-4-3-5-7-16/h3-7,14-15H,8-13H2,1-2H3,(H3,18,19,20). The van der Waals surface area contributed by atoms with Gasteiger partial charge in [-0.1, -0.05) is 32.0 Å². The molecule has 0 amide bonds. The van der Waals surface area contributed by atoms with Gasteiger partial charge in [-0.15, -0.1) is 0 Å². The molecule has 21 heavy (non-hydrogen) atoms. The molecule has 3 N–H and O–H groups in total. The number of hydrogen-bond donors (Lipinski definition) is 2. The van der Waals surface area contributed by atoms with E-state index in [0.29, 0.717) is 17.8 Å². The van der Waals surface area contributed by atoms with Crippen LogP contribution in [0.25, 0.3) is 0 Å². The van der Waals surface area contributed by atoms with Crippen molar-refractivity contribution in [3.8, 4) is 0 Å². The van der Waals surface area contributed by atoms with Crippen LogP contribution in [0.15, 0.2) is 35.3 Å². The van der Waals surface area contributed by atoms with Gasteiger partial charge in [-0.25, -0.2) is 0 Å². The summed E-state index contributed by atoms with van der Waals surface area (Å²) in [4.78, 5) is 6.92. The molecule has 1 saturated heterocycles. The Morgan fingerprint density at radius 2 is 2.14 bits per heavy atom. The van der Waals surface area contributed by atoms with Crippen LogP contribution in [0.3, 0.4) is 0 Å². The summed E-state index contributed by atoms with van der Waals surface area (Å²) in [6.07, 6.45) is 2.32. The van der Waals surface area contributed by atoms with Crippen molar-refractivity contribution in [2.45, 2.75) is 26.7 Å². The Labute approximate surface area is 128 Å². The third-order valence-electron chi connectivity index (χ3n) is 3.95. The predicted molar refractivity (Wildman–Crippen MR) is 90.7 cm³/mol. The van der Waals surface area contributed by atoms with Gasteiger partial charge in [0, 0.05) is 31.9 Å². The third kappa shape index (κ3) is 5.29. The zero-order valence-corrected chi connectivity index (χ0v) is 13.3. The number of benzene rings is 1. The molecule has 1 aromatic rings. The van der Waals surface area contributed by atoms with E-state index in [1.54, 1.807) is 0 Å². The largest absolute Gasteiger partial charge is 0.371 e. The number of para-hydroxylation sites is 1. The highest BCUT2D eigenvalue weighted by Gasteiger charge is 2.22. The fourth-order valence-corrected chi connectivity index (χ4v) is 2.63. The van der Waals surface area contributed by atoms with E-state index in [0.717, 1.165) is 32.6 Å². The first kappa shape index (κ1) is 15.7. The Bertz CT molecular complexity index is 441. The van der Waals surface area contributed by atoms with Gasteiger partial charge in [-0.05, 0) is 36.8 Å². The van der Waals surface area contributed by atoms with Crippen LogP contribution < -0.4 is 16.0 Å². The van der Waals surface area contributed by atoms with Crippen LogP contribution in [0.4, 0.5) is 5.69 Å². The molecule has 0 bridgehead atoms. The normalized spacial score (nSPS) is 19.3. The van der Waals surface area contributed by atoms with Crippen LogP contribution in [0.5, 0.6) is 0 Å². The van der Waals surface area contributed by atoms with Crippen LogP contribution >= 0.6 is 0 Å². The van der Waals surface area contributed by atoms with E-state index < -0.39 is 0 Å². The van der Waals surface area contributed by atoms with Crippen molar-refractivity contribution in [2.75, 3.05) is 31.1 Å². The highest BCUT2D eigenvalue weighted by molar-refractivity contribution is 5.77. The minimum Gasteiger partial charge on any atom is -0.371 e. The highest BCUT2D eigenvalue weighted by atomic mass is 15.2. The maximum Gasteiger partial charge on any atom is 0.188 e. The number of hydrogen-bond acceptors (Lipinski definition) is 2. The predicted octanol–water partition coefficient (Wildman–Crippen LogP) is 2.46. The minimum absolute atomic E-state index is 0.591. The first-order valence-corrected chi connectivity index (χ1v) is 7.99. The van der Waals surface area contributed by atoms with Crippen LogP contribution in [-0.2, 0) is 0 Å². The second-order valence-corrected chi connectivity index (χ2v) is 6.27. The molecule has 0 aromatic heterocycles. The fourth-order valence-electron chi connectivity index (χ4n) is 2.63. The number of rotatable bonds is 6. The Kier molecular flexibility index (Phi) is 5.90. The fraction of sp³-hybridized carbons (Fsp3) is 0.588. The smallest absolute Gasteiger partial charge is 0.188 e. The maximum absolute atomic E-state index is 5.91. The van der Waals surface area contributed by atoms with Crippen LogP contribution in [-0.4, -0.2) is 32.1 Å². The molecule has 4 heteroatoms. The van der Waals surface area contributed by atoms with Crippen LogP contribution in [0.2, 0.25) is 0 Å². The Hall–Kier alpha value is -1.71.